The molecule has 0 N–H and O–H groups in total. The number of allylic oxidation sites excluding steroid dienone is 4. The molecule has 0 saturated heterocycles. The van der Waals surface area contributed by atoms with E-state index in [0.29, 0.717) is 0 Å². The summed E-state index contributed by atoms with van der Waals surface area (Å²) in [7, 11) is 0. The first kappa shape index (κ1) is 34.7. The van der Waals surface area contributed by atoms with Crippen LogP contribution in [0.3, 0.4) is 0 Å². The van der Waals surface area contributed by atoms with Gasteiger partial charge in [-0.1, -0.05) is 170 Å². The van der Waals surface area contributed by atoms with Crippen molar-refractivity contribution in [2.24, 2.45) is 0 Å². The molecule has 0 aliphatic heterocycles. The van der Waals surface area contributed by atoms with Gasteiger partial charge < -0.3 is 4.90 Å². The summed E-state index contributed by atoms with van der Waals surface area (Å²) in [5.41, 5.74) is 13.4. The topological polar surface area (TPSA) is 3.24 Å². The fourth-order valence-corrected chi connectivity index (χ4v) is 9.31. The van der Waals surface area contributed by atoms with Crippen molar-refractivity contribution in [1.29, 1.82) is 0 Å². The fraction of sp³-hybridized carbons (Fsp3) is 0.0345. The third-order valence-electron chi connectivity index (χ3n) is 12.1. The number of benzene rings is 10. The van der Waals surface area contributed by atoms with Gasteiger partial charge in [-0.15, -0.1) is 0 Å². The fourth-order valence-electron chi connectivity index (χ4n) is 9.31. The van der Waals surface area contributed by atoms with E-state index in [1.54, 1.807) is 0 Å². The van der Waals surface area contributed by atoms with Crippen LogP contribution in [0.2, 0.25) is 0 Å². The van der Waals surface area contributed by atoms with Gasteiger partial charge >= 0.3 is 0 Å². The van der Waals surface area contributed by atoms with Crippen LogP contribution in [0, 0.1) is 0 Å². The van der Waals surface area contributed by atoms with E-state index in [-0.39, 0.29) is 0 Å². The molecule has 0 radical (unpaired) electrons. The van der Waals surface area contributed by atoms with Crippen LogP contribution in [0.25, 0.3) is 82.0 Å². The highest BCUT2D eigenvalue weighted by Crippen LogP contribution is 2.49. The van der Waals surface area contributed by atoms with Gasteiger partial charge in [-0.2, -0.15) is 0 Å². The van der Waals surface area contributed by atoms with Crippen molar-refractivity contribution in [3.05, 3.63) is 230 Å². The van der Waals surface area contributed by atoms with Crippen LogP contribution in [0.1, 0.15) is 18.4 Å². The van der Waals surface area contributed by atoms with Crippen LogP contribution < -0.4 is 4.90 Å². The Morgan fingerprint density at radius 3 is 1.64 bits per heavy atom. The van der Waals surface area contributed by atoms with Crippen LogP contribution in [0.5, 0.6) is 0 Å². The number of anilines is 3. The Balaban J connectivity index is 1.22. The summed E-state index contributed by atoms with van der Waals surface area (Å²) in [4.78, 5) is 2.34. The Hall–Kier alpha value is -7.48. The maximum Gasteiger partial charge on any atom is 0.0462 e. The monoisotopic (exact) mass is 751 g/mol. The number of nitrogens with zero attached hydrogens (tertiary/aromatic N) is 1. The average Bonchev–Trinajstić information content (AvgIpc) is 3.32. The van der Waals surface area contributed by atoms with Crippen molar-refractivity contribution in [3.8, 4) is 33.4 Å². The van der Waals surface area contributed by atoms with Crippen LogP contribution in [0.15, 0.2) is 224 Å². The number of para-hydroxylation sites is 2. The van der Waals surface area contributed by atoms with Crippen molar-refractivity contribution in [2.45, 2.75) is 12.8 Å². The number of rotatable bonds is 7. The van der Waals surface area contributed by atoms with Crippen LogP contribution >= 0.6 is 0 Å². The van der Waals surface area contributed by atoms with Crippen LogP contribution in [-0.2, 0) is 0 Å². The summed E-state index contributed by atoms with van der Waals surface area (Å²) in [6.45, 7) is 0. The standard InChI is InChI=1S/C58H41N/c1-5-18-41(19-6-1)53-39-54(42-20-7-2-8-21-42)57-51-28-16-15-27-50(51)55-38-46(45-30-29-40-17-13-14-22-44(40)37-45)33-36-52(55)58(57)56(53)43-31-34-49(35-32-43)59(47-23-9-3-10-24-47)48-25-11-4-12-26-48/h1-7,9-20,22-39H,8,21H2. The minimum Gasteiger partial charge on any atom is -0.311 e. The van der Waals surface area contributed by atoms with Gasteiger partial charge in [0.25, 0.3) is 0 Å². The summed E-state index contributed by atoms with van der Waals surface area (Å²) in [6.07, 6.45) is 8.91. The average molecular weight is 752 g/mol. The summed E-state index contributed by atoms with van der Waals surface area (Å²) >= 11 is 0. The highest BCUT2D eigenvalue weighted by atomic mass is 15.1. The van der Waals surface area contributed by atoms with Gasteiger partial charge in [-0.05, 0) is 155 Å². The second-order valence-electron chi connectivity index (χ2n) is 15.5. The number of fused-ring (bicyclic) bond motifs is 7. The zero-order chi connectivity index (χ0) is 39.1. The van der Waals surface area contributed by atoms with Gasteiger partial charge in [-0.25, -0.2) is 0 Å². The molecule has 1 aliphatic rings. The molecule has 0 atom stereocenters. The smallest absolute Gasteiger partial charge is 0.0462 e. The maximum absolute atomic E-state index is 2.49. The molecule has 1 nitrogen and oxygen atoms in total. The molecule has 10 aromatic rings. The predicted octanol–water partition coefficient (Wildman–Crippen LogP) is 16.5. The minimum atomic E-state index is 1.01. The molecule has 11 rings (SSSR count). The minimum absolute atomic E-state index is 1.01. The first-order chi connectivity index (χ1) is 29.3. The molecule has 0 spiro atoms. The first-order valence-electron chi connectivity index (χ1n) is 20.6. The van der Waals surface area contributed by atoms with Crippen molar-refractivity contribution in [3.63, 3.8) is 0 Å². The molecule has 0 bridgehead atoms. The Morgan fingerprint density at radius 1 is 0.356 bits per heavy atom. The van der Waals surface area contributed by atoms with Crippen molar-refractivity contribution < 1.29 is 0 Å². The number of hydrogen-bond donors (Lipinski definition) is 0. The SMILES string of the molecule is C1=CCCC(c2cc(-c3ccccc3)c(-c3ccc(N(c4ccccc4)c4ccccc4)cc3)c3c4ccc(-c5ccc6ccccc6c5)cc4c4ccccc4c23)=C1. The summed E-state index contributed by atoms with van der Waals surface area (Å²) < 4.78 is 0. The van der Waals surface area contributed by atoms with Crippen molar-refractivity contribution >= 4 is 65.7 Å². The third kappa shape index (κ3) is 6.20. The van der Waals surface area contributed by atoms with E-state index in [1.807, 2.05) is 0 Å². The Labute approximate surface area is 345 Å². The molecule has 10 aromatic carbocycles. The number of hydrogen-bond acceptors (Lipinski definition) is 1. The third-order valence-corrected chi connectivity index (χ3v) is 12.1. The largest absolute Gasteiger partial charge is 0.311 e. The molecule has 0 heterocycles. The van der Waals surface area contributed by atoms with Gasteiger partial charge in [0.15, 0.2) is 0 Å². The Kier molecular flexibility index (Phi) is 8.71. The molecule has 0 amide bonds. The Morgan fingerprint density at radius 2 is 0.932 bits per heavy atom. The van der Waals surface area contributed by atoms with Gasteiger partial charge in [0, 0.05) is 17.1 Å². The molecule has 1 aliphatic carbocycles. The van der Waals surface area contributed by atoms with E-state index in [1.165, 1.54) is 87.6 Å². The van der Waals surface area contributed by atoms with E-state index < -0.39 is 0 Å². The lowest BCUT2D eigenvalue weighted by molar-refractivity contribution is 1.06. The molecule has 0 unspecified atom stereocenters. The zero-order valence-electron chi connectivity index (χ0n) is 32.7. The first-order valence-corrected chi connectivity index (χ1v) is 20.6. The molecule has 1 heteroatoms. The highest BCUT2D eigenvalue weighted by molar-refractivity contribution is 6.32. The van der Waals surface area contributed by atoms with E-state index in [4.69, 9.17) is 0 Å². The summed E-state index contributed by atoms with van der Waals surface area (Å²) in [5.74, 6) is 0. The predicted molar refractivity (Wildman–Crippen MR) is 254 cm³/mol. The van der Waals surface area contributed by atoms with E-state index >= 15 is 0 Å². The molecular formula is C58H41N. The molecule has 59 heavy (non-hydrogen) atoms. The van der Waals surface area contributed by atoms with Gasteiger partial charge in [-0.3, -0.25) is 0 Å². The second kappa shape index (κ2) is 14.8. The highest BCUT2D eigenvalue weighted by Gasteiger charge is 2.23. The normalized spacial score (nSPS) is 12.6. The van der Waals surface area contributed by atoms with Crippen molar-refractivity contribution in [1.82, 2.24) is 0 Å². The van der Waals surface area contributed by atoms with Crippen molar-refractivity contribution in [2.75, 3.05) is 4.90 Å². The maximum atomic E-state index is 2.49. The molecule has 0 fully saturated rings. The lowest BCUT2D eigenvalue weighted by Gasteiger charge is -2.26. The quantitative estimate of drug-likeness (QED) is 0.147. The van der Waals surface area contributed by atoms with Gasteiger partial charge in [0.2, 0.25) is 0 Å². The lowest BCUT2D eigenvalue weighted by Crippen LogP contribution is -2.09. The van der Waals surface area contributed by atoms with E-state index in [2.05, 4.69) is 229 Å². The molecule has 278 valence electrons. The zero-order valence-corrected chi connectivity index (χ0v) is 32.7. The van der Waals surface area contributed by atoms with Crippen LogP contribution in [-0.4, -0.2) is 0 Å². The molecule has 0 aromatic heterocycles. The van der Waals surface area contributed by atoms with E-state index in [9.17, 15) is 0 Å². The van der Waals surface area contributed by atoms with Gasteiger partial charge in [0.1, 0.15) is 0 Å². The summed E-state index contributed by atoms with van der Waals surface area (Å²) in [5, 5.41) is 10.2. The second-order valence-corrected chi connectivity index (χ2v) is 15.5. The van der Waals surface area contributed by atoms with E-state index in [0.717, 1.165) is 29.9 Å². The van der Waals surface area contributed by atoms with Gasteiger partial charge in [0.05, 0.1) is 0 Å². The lowest BCUT2D eigenvalue weighted by atomic mass is 9.80. The molecular weight excluding hydrogens is 711 g/mol. The Bertz CT molecular complexity index is 3190. The molecule has 0 saturated carbocycles. The van der Waals surface area contributed by atoms with Crippen LogP contribution in [0.4, 0.5) is 17.1 Å². The summed E-state index contributed by atoms with van der Waals surface area (Å²) in [6, 6.07) is 75.8.